The van der Waals surface area contributed by atoms with E-state index in [1.54, 1.807) is 18.0 Å². The molecule has 26 heavy (non-hydrogen) atoms. The number of hydrogen-bond acceptors (Lipinski definition) is 3. The molecule has 5 nitrogen and oxygen atoms in total. The number of benzene rings is 1. The average Bonchev–Trinajstić information content (AvgIpc) is 2.65. The molecule has 0 spiro atoms. The highest BCUT2D eigenvalue weighted by Gasteiger charge is 2.16. The summed E-state index contributed by atoms with van der Waals surface area (Å²) in [5, 5.41) is 2.93. The molecule has 0 aliphatic heterocycles. The van der Waals surface area contributed by atoms with Gasteiger partial charge in [-0.05, 0) is 30.0 Å². The van der Waals surface area contributed by atoms with Gasteiger partial charge >= 0.3 is 0 Å². The van der Waals surface area contributed by atoms with Crippen molar-refractivity contribution in [3.63, 3.8) is 0 Å². The minimum Gasteiger partial charge on any atom is -0.342 e. The first-order valence-corrected chi connectivity index (χ1v) is 9.04. The van der Waals surface area contributed by atoms with Crippen LogP contribution >= 0.6 is 0 Å². The van der Waals surface area contributed by atoms with Gasteiger partial charge in [0.25, 0.3) is 11.8 Å². The largest absolute Gasteiger partial charge is 0.342 e. The van der Waals surface area contributed by atoms with Crippen LogP contribution in [-0.2, 0) is 0 Å². The van der Waals surface area contributed by atoms with Gasteiger partial charge in [0.05, 0.1) is 11.1 Å². The van der Waals surface area contributed by atoms with E-state index >= 15 is 0 Å². The van der Waals surface area contributed by atoms with Gasteiger partial charge < -0.3 is 10.2 Å². The van der Waals surface area contributed by atoms with Gasteiger partial charge in [-0.1, -0.05) is 45.4 Å². The molecule has 1 aromatic carbocycles. The molecule has 0 fully saturated rings. The molecule has 2 amide bonds. The highest BCUT2D eigenvalue weighted by atomic mass is 16.2. The third-order valence-corrected chi connectivity index (χ3v) is 4.27. The molecular formula is C21H27N3O2. The topological polar surface area (TPSA) is 62.3 Å². The molecule has 0 unspecified atom stereocenters. The second-order valence-corrected chi connectivity index (χ2v) is 6.74. The second-order valence-electron chi connectivity index (χ2n) is 6.74. The summed E-state index contributed by atoms with van der Waals surface area (Å²) in [5.74, 6) is -0.0932. The van der Waals surface area contributed by atoms with E-state index < -0.39 is 0 Å². The number of carbonyl (C=O) groups excluding carboxylic acids is 2. The molecule has 138 valence electrons. The molecule has 1 heterocycles. The Labute approximate surface area is 155 Å². The Hall–Kier alpha value is -2.69. The zero-order chi connectivity index (χ0) is 19.1. The predicted octanol–water partition coefficient (Wildman–Crippen LogP) is 4.33. The van der Waals surface area contributed by atoms with Gasteiger partial charge in [-0.15, -0.1) is 0 Å². The van der Waals surface area contributed by atoms with Crippen LogP contribution < -0.4 is 5.32 Å². The number of pyridine rings is 1. The number of unbranched alkanes of at least 4 members (excludes halogenated alkanes) is 1. The molecule has 2 aromatic rings. The first kappa shape index (κ1) is 19.6. The smallest absolute Gasteiger partial charge is 0.257 e. The van der Waals surface area contributed by atoms with Crippen molar-refractivity contribution >= 4 is 17.5 Å². The van der Waals surface area contributed by atoms with Crippen LogP contribution in [0.15, 0.2) is 42.7 Å². The molecule has 0 aliphatic carbocycles. The quantitative estimate of drug-likeness (QED) is 0.806. The number of hydrogen-bond donors (Lipinski definition) is 1. The van der Waals surface area contributed by atoms with Gasteiger partial charge in [0, 0.05) is 31.7 Å². The number of rotatable bonds is 7. The maximum atomic E-state index is 12.6. The van der Waals surface area contributed by atoms with Gasteiger partial charge in [-0.2, -0.15) is 0 Å². The molecule has 1 N–H and O–H groups in total. The summed E-state index contributed by atoms with van der Waals surface area (Å²) in [6, 6.07) is 9.33. The standard InChI is InChI=1S/C21H27N3O2/c1-5-6-11-24(4)21(26)17-12-16(13-22-14-17)20(25)23-19-10-8-7-9-18(19)15(2)3/h7-10,12-15H,5-6,11H2,1-4H3,(H,23,25). The molecule has 0 radical (unpaired) electrons. The average molecular weight is 353 g/mol. The van der Waals surface area contributed by atoms with Gasteiger partial charge in [0.1, 0.15) is 0 Å². The number of para-hydroxylation sites is 1. The van der Waals surface area contributed by atoms with E-state index in [1.165, 1.54) is 12.4 Å². The highest BCUT2D eigenvalue weighted by Crippen LogP contribution is 2.24. The molecule has 0 atom stereocenters. The van der Waals surface area contributed by atoms with Crippen molar-refractivity contribution in [2.24, 2.45) is 0 Å². The highest BCUT2D eigenvalue weighted by molar-refractivity contribution is 6.06. The van der Waals surface area contributed by atoms with Crippen LogP contribution in [0.25, 0.3) is 0 Å². The molecule has 0 aliphatic rings. The Morgan fingerprint density at radius 3 is 2.54 bits per heavy atom. The van der Waals surface area contributed by atoms with Crippen LogP contribution in [0.4, 0.5) is 5.69 Å². The number of amides is 2. The Morgan fingerprint density at radius 2 is 1.85 bits per heavy atom. The zero-order valence-corrected chi connectivity index (χ0v) is 16.0. The lowest BCUT2D eigenvalue weighted by molar-refractivity contribution is 0.0793. The minimum absolute atomic E-state index is 0.122. The zero-order valence-electron chi connectivity index (χ0n) is 16.0. The summed E-state index contributed by atoms with van der Waals surface area (Å²) < 4.78 is 0. The molecule has 0 saturated heterocycles. The van der Waals surface area contributed by atoms with E-state index in [-0.39, 0.29) is 11.8 Å². The fourth-order valence-electron chi connectivity index (χ4n) is 2.71. The maximum absolute atomic E-state index is 12.6. The summed E-state index contributed by atoms with van der Waals surface area (Å²) >= 11 is 0. The van der Waals surface area contributed by atoms with Crippen LogP contribution in [0, 0.1) is 0 Å². The van der Waals surface area contributed by atoms with Gasteiger partial charge in [0.2, 0.25) is 0 Å². The van der Waals surface area contributed by atoms with Crippen molar-refractivity contribution in [3.05, 3.63) is 59.4 Å². The predicted molar refractivity (Wildman–Crippen MR) is 105 cm³/mol. The Balaban J connectivity index is 2.17. The van der Waals surface area contributed by atoms with Crippen LogP contribution in [0.1, 0.15) is 65.8 Å². The number of anilines is 1. The van der Waals surface area contributed by atoms with Gasteiger partial charge in [-0.25, -0.2) is 0 Å². The monoisotopic (exact) mass is 353 g/mol. The first-order valence-electron chi connectivity index (χ1n) is 9.04. The number of nitrogens with zero attached hydrogens (tertiary/aromatic N) is 2. The van der Waals surface area contributed by atoms with Crippen molar-refractivity contribution in [1.29, 1.82) is 0 Å². The van der Waals surface area contributed by atoms with Crippen molar-refractivity contribution in [3.8, 4) is 0 Å². The van der Waals surface area contributed by atoms with E-state index in [4.69, 9.17) is 0 Å². The fourth-order valence-corrected chi connectivity index (χ4v) is 2.71. The number of carbonyl (C=O) groups is 2. The lowest BCUT2D eigenvalue weighted by atomic mass is 10.0. The molecule has 0 saturated carbocycles. The van der Waals surface area contributed by atoms with Crippen LogP contribution in [-0.4, -0.2) is 35.3 Å². The summed E-state index contributed by atoms with van der Waals surface area (Å²) in [6.07, 6.45) is 4.95. The number of nitrogens with one attached hydrogen (secondary N) is 1. The SMILES string of the molecule is CCCCN(C)C(=O)c1cncc(C(=O)Nc2ccccc2C(C)C)c1. The van der Waals surface area contributed by atoms with E-state index in [2.05, 4.69) is 31.1 Å². The van der Waals surface area contributed by atoms with E-state index in [1.807, 2.05) is 24.3 Å². The summed E-state index contributed by atoms with van der Waals surface area (Å²) in [6.45, 7) is 6.93. The summed E-state index contributed by atoms with van der Waals surface area (Å²) in [7, 11) is 1.77. The lowest BCUT2D eigenvalue weighted by Gasteiger charge is -2.17. The van der Waals surface area contributed by atoms with Crippen molar-refractivity contribution in [1.82, 2.24) is 9.88 Å². The minimum atomic E-state index is -0.267. The Morgan fingerprint density at radius 1 is 1.15 bits per heavy atom. The van der Waals surface area contributed by atoms with Crippen molar-refractivity contribution in [2.75, 3.05) is 18.9 Å². The maximum Gasteiger partial charge on any atom is 0.257 e. The van der Waals surface area contributed by atoms with E-state index in [0.717, 1.165) is 24.1 Å². The molecule has 5 heteroatoms. The van der Waals surface area contributed by atoms with E-state index in [9.17, 15) is 9.59 Å². The van der Waals surface area contributed by atoms with Crippen LogP contribution in [0.5, 0.6) is 0 Å². The Bertz CT molecular complexity index is 771. The van der Waals surface area contributed by atoms with Gasteiger partial charge in [-0.3, -0.25) is 14.6 Å². The van der Waals surface area contributed by atoms with Crippen molar-refractivity contribution < 1.29 is 9.59 Å². The Kier molecular flexibility index (Phi) is 6.89. The normalized spacial score (nSPS) is 10.7. The summed E-state index contributed by atoms with van der Waals surface area (Å²) in [4.78, 5) is 30.9. The lowest BCUT2D eigenvalue weighted by Crippen LogP contribution is -2.28. The first-order chi connectivity index (χ1) is 12.4. The van der Waals surface area contributed by atoms with Crippen LogP contribution in [0.2, 0.25) is 0 Å². The van der Waals surface area contributed by atoms with E-state index in [0.29, 0.717) is 23.6 Å². The third-order valence-electron chi connectivity index (χ3n) is 4.27. The molecule has 2 rings (SSSR count). The van der Waals surface area contributed by atoms with Gasteiger partial charge in [0.15, 0.2) is 0 Å². The third kappa shape index (κ3) is 4.91. The summed E-state index contributed by atoms with van der Waals surface area (Å²) in [5.41, 5.74) is 2.65. The van der Waals surface area contributed by atoms with Crippen molar-refractivity contribution in [2.45, 2.75) is 39.5 Å². The second kappa shape index (κ2) is 9.13. The molecule has 0 bridgehead atoms. The number of aromatic nitrogens is 1. The fraction of sp³-hybridized carbons (Fsp3) is 0.381. The molecule has 1 aromatic heterocycles. The van der Waals surface area contributed by atoms with Crippen LogP contribution in [0.3, 0.4) is 0 Å². The molecular weight excluding hydrogens is 326 g/mol.